The smallest absolute Gasteiger partial charge is 0.0897 e. The predicted molar refractivity (Wildman–Crippen MR) is 76.0 cm³/mol. The van der Waals surface area contributed by atoms with Gasteiger partial charge in [-0.25, -0.2) is 4.98 Å². The predicted octanol–water partition coefficient (Wildman–Crippen LogP) is 2.30. The van der Waals surface area contributed by atoms with E-state index in [-0.39, 0.29) is 12.4 Å². The second-order valence-corrected chi connectivity index (χ2v) is 5.72. The molecule has 2 heterocycles. The van der Waals surface area contributed by atoms with Crippen molar-refractivity contribution in [1.82, 2.24) is 15.2 Å². The number of aryl methyl sites for hydroxylation is 1. The Labute approximate surface area is 114 Å². The molecule has 1 aliphatic rings. The number of likely N-dealkylation sites (tertiary alicyclic amines) is 1. The molecule has 1 atom stereocenters. The fraction of sp³-hybridized carbons (Fsp3) is 0.750. The molecule has 0 radical (unpaired) electrons. The summed E-state index contributed by atoms with van der Waals surface area (Å²) in [4.78, 5) is 7.08. The van der Waals surface area contributed by atoms with E-state index in [1.165, 1.54) is 36.6 Å². The van der Waals surface area contributed by atoms with E-state index < -0.39 is 0 Å². The van der Waals surface area contributed by atoms with E-state index in [2.05, 4.69) is 27.5 Å². The van der Waals surface area contributed by atoms with Crippen molar-refractivity contribution in [1.29, 1.82) is 0 Å². The Morgan fingerprint density at radius 1 is 1.59 bits per heavy atom. The van der Waals surface area contributed by atoms with Crippen molar-refractivity contribution in [3.8, 4) is 0 Å². The van der Waals surface area contributed by atoms with Gasteiger partial charge in [0.25, 0.3) is 0 Å². The van der Waals surface area contributed by atoms with Gasteiger partial charge in [-0.05, 0) is 45.8 Å². The Hall–Kier alpha value is -0.160. The summed E-state index contributed by atoms with van der Waals surface area (Å²) in [5.74, 6) is 0.818. The highest BCUT2D eigenvalue weighted by atomic mass is 35.5. The quantitative estimate of drug-likeness (QED) is 0.914. The fourth-order valence-corrected chi connectivity index (χ4v) is 3.06. The van der Waals surface area contributed by atoms with Gasteiger partial charge in [-0.1, -0.05) is 0 Å². The molecule has 17 heavy (non-hydrogen) atoms. The molecule has 5 heteroatoms. The van der Waals surface area contributed by atoms with Crippen molar-refractivity contribution < 1.29 is 0 Å². The SMILES string of the molecule is CNCC1CCCN(Cc2csc(C)n2)C1.Cl. The lowest BCUT2D eigenvalue weighted by atomic mass is 9.98. The number of halogens is 1. The average Bonchev–Trinajstić information content (AvgIpc) is 2.65. The van der Waals surface area contributed by atoms with E-state index in [0.29, 0.717) is 0 Å². The molecule has 98 valence electrons. The summed E-state index contributed by atoms with van der Waals surface area (Å²) in [6.07, 6.45) is 2.70. The number of aromatic nitrogens is 1. The topological polar surface area (TPSA) is 28.2 Å². The summed E-state index contributed by atoms with van der Waals surface area (Å²) in [6, 6.07) is 0. The van der Waals surface area contributed by atoms with Gasteiger partial charge in [0.15, 0.2) is 0 Å². The highest BCUT2D eigenvalue weighted by Gasteiger charge is 2.19. The summed E-state index contributed by atoms with van der Waals surface area (Å²) in [7, 11) is 2.04. The number of piperidine rings is 1. The molecule has 0 aliphatic carbocycles. The molecule has 2 rings (SSSR count). The molecule has 1 aliphatic heterocycles. The van der Waals surface area contributed by atoms with E-state index in [1.54, 1.807) is 11.3 Å². The van der Waals surface area contributed by atoms with Crippen LogP contribution in [0.3, 0.4) is 0 Å². The molecule has 0 aromatic carbocycles. The van der Waals surface area contributed by atoms with Gasteiger partial charge in [0, 0.05) is 18.5 Å². The van der Waals surface area contributed by atoms with Crippen LogP contribution < -0.4 is 5.32 Å². The van der Waals surface area contributed by atoms with E-state index in [1.807, 2.05) is 7.05 Å². The Bertz CT molecular complexity index is 327. The number of nitrogens with one attached hydrogen (secondary N) is 1. The molecule has 1 N–H and O–H groups in total. The molecule has 1 unspecified atom stereocenters. The molecule has 1 aromatic rings. The Morgan fingerprint density at radius 2 is 2.41 bits per heavy atom. The monoisotopic (exact) mass is 275 g/mol. The molecular weight excluding hydrogens is 254 g/mol. The number of hydrogen-bond donors (Lipinski definition) is 1. The van der Waals surface area contributed by atoms with Crippen molar-refractivity contribution in [2.45, 2.75) is 26.3 Å². The third-order valence-electron chi connectivity index (χ3n) is 3.15. The van der Waals surface area contributed by atoms with Gasteiger partial charge in [0.2, 0.25) is 0 Å². The van der Waals surface area contributed by atoms with Crippen LogP contribution in [-0.4, -0.2) is 36.6 Å². The zero-order chi connectivity index (χ0) is 11.4. The van der Waals surface area contributed by atoms with Crippen LogP contribution >= 0.6 is 23.7 Å². The van der Waals surface area contributed by atoms with Crippen LogP contribution in [0.2, 0.25) is 0 Å². The molecule has 1 fully saturated rings. The van der Waals surface area contributed by atoms with Crippen LogP contribution in [0.4, 0.5) is 0 Å². The first-order valence-electron chi connectivity index (χ1n) is 6.06. The first-order chi connectivity index (χ1) is 7.78. The van der Waals surface area contributed by atoms with Crippen LogP contribution in [-0.2, 0) is 6.54 Å². The van der Waals surface area contributed by atoms with Gasteiger partial charge in [-0.3, -0.25) is 4.90 Å². The van der Waals surface area contributed by atoms with Gasteiger partial charge >= 0.3 is 0 Å². The highest BCUT2D eigenvalue weighted by molar-refractivity contribution is 7.09. The molecule has 1 aromatic heterocycles. The summed E-state index contributed by atoms with van der Waals surface area (Å²) in [5.41, 5.74) is 1.24. The standard InChI is InChI=1S/C12H21N3S.ClH/c1-10-14-12(9-16-10)8-15-5-3-4-11(7-15)6-13-2;/h9,11,13H,3-8H2,1-2H3;1H. The minimum absolute atomic E-state index is 0. The van der Waals surface area contributed by atoms with E-state index in [4.69, 9.17) is 0 Å². The van der Waals surface area contributed by atoms with Crippen molar-refractivity contribution in [2.24, 2.45) is 5.92 Å². The molecule has 0 amide bonds. The normalized spacial score (nSPS) is 21.2. The summed E-state index contributed by atoms with van der Waals surface area (Å²) < 4.78 is 0. The second kappa shape index (κ2) is 7.31. The molecular formula is C12H22ClN3S. The van der Waals surface area contributed by atoms with E-state index >= 15 is 0 Å². The fourth-order valence-electron chi connectivity index (χ4n) is 2.46. The maximum absolute atomic E-state index is 4.54. The lowest BCUT2D eigenvalue weighted by Crippen LogP contribution is -2.38. The number of nitrogens with zero attached hydrogens (tertiary/aromatic N) is 2. The molecule has 3 nitrogen and oxygen atoms in total. The molecule has 0 spiro atoms. The summed E-state index contributed by atoms with van der Waals surface area (Å²) in [6.45, 7) is 6.71. The van der Waals surface area contributed by atoms with Gasteiger partial charge in [-0.2, -0.15) is 0 Å². The Kier molecular flexibility index (Phi) is 6.41. The average molecular weight is 276 g/mol. The number of thiazole rings is 1. The van der Waals surface area contributed by atoms with Crippen molar-refractivity contribution in [3.05, 3.63) is 16.1 Å². The van der Waals surface area contributed by atoms with Crippen molar-refractivity contribution >= 4 is 23.7 Å². The second-order valence-electron chi connectivity index (χ2n) is 4.66. The van der Waals surface area contributed by atoms with Crippen LogP contribution in [0.5, 0.6) is 0 Å². The molecule has 0 bridgehead atoms. The van der Waals surface area contributed by atoms with E-state index in [0.717, 1.165) is 19.0 Å². The first kappa shape index (κ1) is 14.9. The molecule has 1 saturated heterocycles. The Balaban J connectivity index is 0.00000144. The van der Waals surface area contributed by atoms with Gasteiger partial charge in [0.1, 0.15) is 0 Å². The van der Waals surface area contributed by atoms with Gasteiger partial charge < -0.3 is 5.32 Å². The number of hydrogen-bond acceptors (Lipinski definition) is 4. The lowest BCUT2D eigenvalue weighted by molar-refractivity contribution is 0.165. The van der Waals surface area contributed by atoms with Crippen molar-refractivity contribution in [3.63, 3.8) is 0 Å². The third kappa shape index (κ3) is 4.54. The van der Waals surface area contributed by atoms with Crippen LogP contribution in [0, 0.1) is 12.8 Å². The number of rotatable bonds is 4. The minimum atomic E-state index is 0. The molecule has 0 saturated carbocycles. The van der Waals surface area contributed by atoms with Crippen LogP contribution in [0.25, 0.3) is 0 Å². The first-order valence-corrected chi connectivity index (χ1v) is 6.94. The maximum atomic E-state index is 4.54. The van der Waals surface area contributed by atoms with Crippen LogP contribution in [0.15, 0.2) is 5.38 Å². The summed E-state index contributed by atoms with van der Waals surface area (Å²) in [5, 5.41) is 6.66. The van der Waals surface area contributed by atoms with Gasteiger partial charge in [0.05, 0.1) is 10.7 Å². The van der Waals surface area contributed by atoms with Crippen molar-refractivity contribution in [2.75, 3.05) is 26.7 Å². The maximum Gasteiger partial charge on any atom is 0.0897 e. The lowest BCUT2D eigenvalue weighted by Gasteiger charge is -2.32. The van der Waals surface area contributed by atoms with Crippen LogP contribution in [0.1, 0.15) is 23.5 Å². The zero-order valence-electron chi connectivity index (χ0n) is 10.6. The summed E-state index contributed by atoms with van der Waals surface area (Å²) >= 11 is 1.75. The zero-order valence-corrected chi connectivity index (χ0v) is 12.2. The third-order valence-corrected chi connectivity index (χ3v) is 3.97. The highest BCUT2D eigenvalue weighted by Crippen LogP contribution is 2.18. The Morgan fingerprint density at radius 3 is 3.06 bits per heavy atom. The van der Waals surface area contributed by atoms with E-state index in [9.17, 15) is 0 Å². The largest absolute Gasteiger partial charge is 0.319 e. The van der Waals surface area contributed by atoms with Gasteiger partial charge in [-0.15, -0.1) is 23.7 Å². The minimum Gasteiger partial charge on any atom is -0.319 e.